The molecule has 177 valence electrons. The number of amides is 2. The van der Waals surface area contributed by atoms with E-state index in [9.17, 15) is 19.7 Å². The normalized spacial score (nSPS) is 11.5. The van der Waals surface area contributed by atoms with E-state index >= 15 is 0 Å². The van der Waals surface area contributed by atoms with Crippen LogP contribution in [-0.4, -0.2) is 35.4 Å². The van der Waals surface area contributed by atoms with E-state index in [0.717, 1.165) is 25.7 Å². The van der Waals surface area contributed by atoms with Crippen molar-refractivity contribution in [2.24, 2.45) is 5.92 Å². The predicted molar refractivity (Wildman–Crippen MR) is 123 cm³/mol. The Labute approximate surface area is 189 Å². The molecule has 2 amide bonds. The van der Waals surface area contributed by atoms with Crippen LogP contribution in [0.3, 0.4) is 0 Å². The maximum absolute atomic E-state index is 12.5. The number of nitrogens with one attached hydrogen (secondary N) is 5. The van der Waals surface area contributed by atoms with E-state index in [1.807, 2.05) is 32.0 Å². The van der Waals surface area contributed by atoms with E-state index in [1.54, 1.807) is 12.0 Å². The Morgan fingerprint density at radius 1 is 1.16 bits per heavy atom. The number of unbranched alkanes of at least 4 members (excludes halogenated alkanes) is 1. The van der Waals surface area contributed by atoms with Crippen molar-refractivity contribution in [2.45, 2.75) is 64.8 Å². The zero-order valence-electron chi connectivity index (χ0n) is 18.9. The molecule has 0 aromatic heterocycles. The van der Waals surface area contributed by atoms with E-state index in [0.29, 0.717) is 25.2 Å². The number of carbonyl (C=O) groups is 2. The van der Waals surface area contributed by atoms with Crippen molar-refractivity contribution >= 4 is 17.8 Å². The highest BCUT2D eigenvalue weighted by atomic mass is 16.7. The van der Waals surface area contributed by atoms with Crippen LogP contribution < -0.4 is 21.4 Å². The number of benzene rings is 1. The van der Waals surface area contributed by atoms with Crippen LogP contribution >= 0.6 is 0 Å². The number of hydrogen-bond acceptors (Lipinski definition) is 5. The number of nitrogens with zero attached hydrogens (tertiary/aromatic N) is 1. The first-order valence-electron chi connectivity index (χ1n) is 11.0. The molecule has 1 aromatic carbocycles. The zero-order valence-corrected chi connectivity index (χ0v) is 18.9. The fourth-order valence-corrected chi connectivity index (χ4v) is 2.94. The van der Waals surface area contributed by atoms with E-state index in [4.69, 9.17) is 5.41 Å². The lowest BCUT2D eigenvalue weighted by Crippen LogP contribution is -2.46. The topological polar surface area (TPSA) is 149 Å². The molecular weight excluding hydrogens is 412 g/mol. The molecule has 1 atom stereocenters. The fourth-order valence-electron chi connectivity index (χ4n) is 2.94. The van der Waals surface area contributed by atoms with Gasteiger partial charge in [0.1, 0.15) is 6.04 Å². The van der Waals surface area contributed by atoms with Crippen LogP contribution in [0.2, 0.25) is 0 Å². The van der Waals surface area contributed by atoms with Crippen molar-refractivity contribution in [3.05, 3.63) is 52.6 Å². The summed E-state index contributed by atoms with van der Waals surface area (Å²) in [5, 5.41) is 24.9. The van der Waals surface area contributed by atoms with Crippen molar-refractivity contribution in [2.75, 3.05) is 6.54 Å². The summed E-state index contributed by atoms with van der Waals surface area (Å²) < 4.78 is 0. The Morgan fingerprint density at radius 3 is 2.53 bits per heavy atom. The summed E-state index contributed by atoms with van der Waals surface area (Å²) in [5.74, 6) is -0.499. The maximum atomic E-state index is 12.5. The quantitative estimate of drug-likeness (QED) is 0.0915. The largest absolute Gasteiger partial charge is 0.352 e. The molecule has 0 spiro atoms. The van der Waals surface area contributed by atoms with Gasteiger partial charge in [0.15, 0.2) is 5.03 Å². The lowest BCUT2D eigenvalue weighted by atomic mass is 10.1. The molecule has 0 aliphatic rings. The third-order valence-corrected chi connectivity index (χ3v) is 4.62. The average molecular weight is 448 g/mol. The van der Waals surface area contributed by atoms with Crippen LogP contribution in [0.1, 0.15) is 57.9 Å². The summed E-state index contributed by atoms with van der Waals surface area (Å²) in [6.45, 7) is 6.03. The van der Waals surface area contributed by atoms with Gasteiger partial charge < -0.3 is 16.0 Å². The standard InChI is InChI=1S/C22H35N6O4/c1-17(2)14-16-24-21(30)19(12-8-15-25-22(23)27-28(31)32)26-20(29)13-7-6-11-18-9-4-3-5-10-18/h3-5,9-10,16-17,19H,6-8,11-15H2,1-2H3,(H,24,30)(H,26,29)(H3,23,25,27)/t19-/m0/s1. The minimum absolute atomic E-state index is 0.183. The number of hydrogen-bond donors (Lipinski definition) is 5. The molecule has 0 aliphatic heterocycles. The van der Waals surface area contributed by atoms with E-state index in [2.05, 4.69) is 28.1 Å². The van der Waals surface area contributed by atoms with Crippen molar-refractivity contribution in [1.29, 1.82) is 5.41 Å². The Bertz CT molecular complexity index is 726. The van der Waals surface area contributed by atoms with Crippen molar-refractivity contribution in [1.82, 2.24) is 21.4 Å². The molecule has 0 heterocycles. The Balaban J connectivity index is 2.43. The summed E-state index contributed by atoms with van der Waals surface area (Å²) in [6.07, 6.45) is 4.34. The van der Waals surface area contributed by atoms with E-state index in [-0.39, 0.29) is 18.4 Å². The number of carbonyl (C=O) groups excluding carboxylic acids is 2. The van der Waals surface area contributed by atoms with Gasteiger partial charge in [0.25, 0.3) is 5.96 Å². The third-order valence-electron chi connectivity index (χ3n) is 4.62. The number of aryl methyl sites for hydroxylation is 1. The number of nitro groups is 1. The molecule has 1 rings (SSSR count). The molecule has 5 N–H and O–H groups in total. The number of guanidine groups is 1. The summed E-state index contributed by atoms with van der Waals surface area (Å²) in [4.78, 5) is 35.2. The Kier molecular flexibility index (Phi) is 13.1. The molecule has 0 fully saturated rings. The first-order valence-corrected chi connectivity index (χ1v) is 11.0. The SMILES string of the molecule is CC(C)C[CH]NC(=O)[C@H](CCCNC(=N)N[N+](=O)[O-])NC(=O)CCCCc1ccccc1. The van der Waals surface area contributed by atoms with Gasteiger partial charge in [0.2, 0.25) is 11.8 Å². The highest BCUT2D eigenvalue weighted by Gasteiger charge is 2.20. The molecule has 32 heavy (non-hydrogen) atoms. The second kappa shape index (κ2) is 15.6. The molecule has 0 aliphatic carbocycles. The van der Waals surface area contributed by atoms with Gasteiger partial charge in [-0.25, -0.2) is 10.1 Å². The maximum Gasteiger partial charge on any atom is 0.251 e. The van der Waals surface area contributed by atoms with Crippen molar-refractivity contribution in [3.63, 3.8) is 0 Å². The van der Waals surface area contributed by atoms with Crippen molar-refractivity contribution in [3.8, 4) is 0 Å². The smallest absolute Gasteiger partial charge is 0.251 e. The van der Waals surface area contributed by atoms with Crippen LogP contribution in [0.5, 0.6) is 0 Å². The predicted octanol–water partition coefficient (Wildman–Crippen LogP) is 2.29. The van der Waals surface area contributed by atoms with Gasteiger partial charge >= 0.3 is 0 Å². The zero-order chi connectivity index (χ0) is 23.8. The summed E-state index contributed by atoms with van der Waals surface area (Å²) in [6, 6.07) is 9.36. The molecule has 0 bridgehead atoms. The molecule has 1 radical (unpaired) electrons. The molecule has 10 nitrogen and oxygen atoms in total. The van der Waals surface area contributed by atoms with E-state index < -0.39 is 17.0 Å². The second-order valence-corrected chi connectivity index (χ2v) is 7.97. The van der Waals surface area contributed by atoms with E-state index in [1.165, 1.54) is 5.56 Å². The van der Waals surface area contributed by atoms with Gasteiger partial charge in [-0.2, -0.15) is 0 Å². The van der Waals surface area contributed by atoms with Crippen LogP contribution in [0.4, 0.5) is 0 Å². The van der Waals surface area contributed by atoms with Gasteiger partial charge in [-0.05, 0) is 50.0 Å². The summed E-state index contributed by atoms with van der Waals surface area (Å²) in [7, 11) is 0. The van der Waals surface area contributed by atoms with Crippen LogP contribution in [0.15, 0.2) is 30.3 Å². The monoisotopic (exact) mass is 447 g/mol. The summed E-state index contributed by atoms with van der Waals surface area (Å²) >= 11 is 0. The minimum Gasteiger partial charge on any atom is -0.352 e. The van der Waals surface area contributed by atoms with Crippen molar-refractivity contribution < 1.29 is 14.6 Å². The second-order valence-electron chi connectivity index (χ2n) is 7.97. The van der Waals surface area contributed by atoms with Gasteiger partial charge in [0, 0.05) is 19.5 Å². The fraction of sp³-hybridized carbons (Fsp3) is 0.545. The average Bonchev–Trinajstić information content (AvgIpc) is 2.73. The number of rotatable bonds is 15. The van der Waals surface area contributed by atoms with Gasteiger partial charge in [-0.15, -0.1) is 0 Å². The third kappa shape index (κ3) is 13.2. The molecule has 0 saturated heterocycles. The van der Waals surface area contributed by atoms with Crippen LogP contribution in [0, 0.1) is 28.0 Å². The molecule has 0 saturated carbocycles. The molecule has 10 heteroatoms. The van der Waals surface area contributed by atoms with Gasteiger partial charge in [0.05, 0.1) is 0 Å². The summed E-state index contributed by atoms with van der Waals surface area (Å²) in [5.41, 5.74) is 2.94. The molecular formula is C22H35N6O4. The lowest BCUT2D eigenvalue weighted by Gasteiger charge is -2.19. The minimum atomic E-state index is -0.825. The first-order chi connectivity index (χ1) is 15.3. The number of hydrazine groups is 1. The van der Waals surface area contributed by atoms with Gasteiger partial charge in [-0.3, -0.25) is 15.0 Å². The lowest BCUT2D eigenvalue weighted by molar-refractivity contribution is -0.525. The van der Waals surface area contributed by atoms with Crippen LogP contribution in [-0.2, 0) is 16.0 Å². The Morgan fingerprint density at radius 2 is 1.88 bits per heavy atom. The first kappa shape index (κ1) is 26.9. The highest BCUT2D eigenvalue weighted by molar-refractivity contribution is 5.87. The van der Waals surface area contributed by atoms with Gasteiger partial charge in [-0.1, -0.05) is 49.6 Å². The highest BCUT2D eigenvalue weighted by Crippen LogP contribution is 2.07. The Hall–Kier alpha value is -3.17. The molecule has 1 aromatic rings. The van der Waals surface area contributed by atoms with Crippen LogP contribution in [0.25, 0.3) is 0 Å². The molecule has 0 unspecified atom stereocenters.